The number of ether oxygens (including phenoxy) is 1. The van der Waals surface area contributed by atoms with Crippen molar-refractivity contribution in [1.82, 2.24) is 5.32 Å². The molecular weight excluding hydrogens is 370 g/mol. The van der Waals surface area contributed by atoms with Gasteiger partial charge in [-0.05, 0) is 17.0 Å². The van der Waals surface area contributed by atoms with Gasteiger partial charge in [-0.2, -0.15) is 0 Å². The first kappa shape index (κ1) is 20.1. The maximum absolute atomic E-state index is 12.1. The zero-order chi connectivity index (χ0) is 19.8. The third-order valence-electron chi connectivity index (χ3n) is 3.50. The molecule has 0 aliphatic rings. The van der Waals surface area contributed by atoms with Gasteiger partial charge < -0.3 is 21.1 Å². The molecule has 0 radical (unpaired) electrons. The maximum atomic E-state index is 12.1. The van der Waals surface area contributed by atoms with E-state index in [1.165, 1.54) is 13.0 Å². The van der Waals surface area contributed by atoms with E-state index >= 15 is 0 Å². The second-order valence-electron chi connectivity index (χ2n) is 5.60. The summed E-state index contributed by atoms with van der Waals surface area (Å²) < 4.78 is 4.97. The van der Waals surface area contributed by atoms with Gasteiger partial charge in [0.1, 0.15) is 5.00 Å². The molecule has 0 saturated heterocycles. The van der Waals surface area contributed by atoms with Gasteiger partial charge in [-0.3, -0.25) is 19.2 Å². The quantitative estimate of drug-likeness (QED) is 0.591. The van der Waals surface area contributed by atoms with Crippen LogP contribution in [0.2, 0.25) is 0 Å². The van der Waals surface area contributed by atoms with Crippen LogP contribution in [0.1, 0.15) is 35.3 Å². The van der Waals surface area contributed by atoms with E-state index < -0.39 is 30.4 Å². The van der Waals surface area contributed by atoms with Crippen LogP contribution in [0, 0.1) is 0 Å². The highest BCUT2D eigenvalue weighted by atomic mass is 32.1. The van der Waals surface area contributed by atoms with Crippen molar-refractivity contribution < 1.29 is 23.9 Å². The molecule has 0 aliphatic carbocycles. The van der Waals surface area contributed by atoms with Crippen molar-refractivity contribution in [3.63, 3.8) is 0 Å². The zero-order valence-corrected chi connectivity index (χ0v) is 15.4. The number of anilines is 1. The van der Waals surface area contributed by atoms with Gasteiger partial charge >= 0.3 is 5.97 Å². The highest BCUT2D eigenvalue weighted by Crippen LogP contribution is 2.22. The number of carbonyl (C=O) groups is 4. The number of rotatable bonds is 8. The van der Waals surface area contributed by atoms with Gasteiger partial charge in [-0.15, -0.1) is 11.3 Å². The molecule has 0 spiro atoms. The number of primary amides is 1. The number of thiophene rings is 1. The van der Waals surface area contributed by atoms with Crippen molar-refractivity contribution >= 4 is 40.0 Å². The molecule has 8 nitrogen and oxygen atoms in total. The number of esters is 1. The first-order chi connectivity index (χ1) is 12.9. The Balaban J connectivity index is 1.89. The predicted octanol–water partition coefficient (Wildman–Crippen LogP) is 1.60. The van der Waals surface area contributed by atoms with Gasteiger partial charge in [-0.1, -0.05) is 30.3 Å². The third-order valence-corrected chi connectivity index (χ3v) is 4.33. The molecule has 0 saturated carbocycles. The van der Waals surface area contributed by atoms with Gasteiger partial charge in [-0.25, -0.2) is 0 Å². The van der Waals surface area contributed by atoms with E-state index in [1.807, 2.05) is 6.07 Å². The van der Waals surface area contributed by atoms with Crippen LogP contribution in [-0.4, -0.2) is 30.3 Å². The van der Waals surface area contributed by atoms with Crippen molar-refractivity contribution in [3.8, 4) is 0 Å². The van der Waals surface area contributed by atoms with Crippen LogP contribution in [0.5, 0.6) is 0 Å². The number of nitrogens with one attached hydrogen (secondary N) is 2. The third kappa shape index (κ3) is 6.23. The lowest BCUT2D eigenvalue weighted by Crippen LogP contribution is -2.29. The van der Waals surface area contributed by atoms with Crippen molar-refractivity contribution in [2.24, 2.45) is 5.73 Å². The second-order valence-corrected chi connectivity index (χ2v) is 6.52. The number of nitrogens with two attached hydrogens (primary N) is 1. The Bertz CT molecular complexity index is 835. The van der Waals surface area contributed by atoms with Gasteiger partial charge in [0, 0.05) is 6.92 Å². The summed E-state index contributed by atoms with van der Waals surface area (Å²) in [5.74, 6) is -2.19. The van der Waals surface area contributed by atoms with Gasteiger partial charge in [0.05, 0.1) is 18.0 Å². The van der Waals surface area contributed by atoms with Crippen LogP contribution in [-0.2, 0) is 19.1 Å². The van der Waals surface area contributed by atoms with E-state index in [0.29, 0.717) is 5.00 Å². The van der Waals surface area contributed by atoms with E-state index in [1.54, 1.807) is 29.6 Å². The van der Waals surface area contributed by atoms with Crippen LogP contribution in [0.25, 0.3) is 0 Å². The van der Waals surface area contributed by atoms with E-state index in [-0.39, 0.29) is 17.9 Å². The molecule has 0 unspecified atom stereocenters. The molecule has 3 amide bonds. The fraction of sp³-hybridized carbons (Fsp3) is 0.222. The van der Waals surface area contributed by atoms with Gasteiger partial charge in [0.2, 0.25) is 5.91 Å². The van der Waals surface area contributed by atoms with Crippen LogP contribution in [0.3, 0.4) is 0 Å². The summed E-state index contributed by atoms with van der Waals surface area (Å²) in [6.07, 6.45) is -0.123. The van der Waals surface area contributed by atoms with Crippen LogP contribution in [0.15, 0.2) is 41.8 Å². The van der Waals surface area contributed by atoms with Crippen LogP contribution in [0.4, 0.5) is 5.00 Å². The van der Waals surface area contributed by atoms with Crippen molar-refractivity contribution in [2.45, 2.75) is 19.4 Å². The smallest absolute Gasteiger partial charge is 0.308 e. The largest absolute Gasteiger partial charge is 0.455 e. The summed E-state index contributed by atoms with van der Waals surface area (Å²) in [7, 11) is 0. The average Bonchev–Trinajstić information content (AvgIpc) is 3.08. The summed E-state index contributed by atoms with van der Waals surface area (Å²) in [4.78, 5) is 46.6. The van der Waals surface area contributed by atoms with E-state index in [2.05, 4.69) is 10.6 Å². The SMILES string of the molecule is CC(=O)N[C@@H](CC(=O)OCC(=O)Nc1sccc1C(N)=O)c1ccccc1. The van der Waals surface area contributed by atoms with Crippen molar-refractivity contribution in [2.75, 3.05) is 11.9 Å². The van der Waals surface area contributed by atoms with Crippen molar-refractivity contribution in [3.05, 3.63) is 52.9 Å². The second kappa shape index (κ2) is 9.48. The number of carbonyl (C=O) groups excluding carboxylic acids is 4. The fourth-order valence-electron chi connectivity index (χ4n) is 2.32. The summed E-state index contributed by atoms with van der Waals surface area (Å²) in [6, 6.07) is 9.90. The lowest BCUT2D eigenvalue weighted by molar-refractivity contribution is -0.148. The highest BCUT2D eigenvalue weighted by Gasteiger charge is 2.19. The monoisotopic (exact) mass is 389 g/mol. The maximum Gasteiger partial charge on any atom is 0.308 e. The normalized spacial score (nSPS) is 11.3. The zero-order valence-electron chi connectivity index (χ0n) is 14.6. The topological polar surface area (TPSA) is 128 Å². The summed E-state index contributed by atoms with van der Waals surface area (Å²) >= 11 is 1.13. The minimum atomic E-state index is -0.662. The highest BCUT2D eigenvalue weighted by molar-refractivity contribution is 7.14. The molecule has 4 N–H and O–H groups in total. The standard InChI is InChI=1S/C18H19N3O5S/c1-11(22)20-14(12-5-3-2-4-6-12)9-16(24)26-10-15(23)21-18-13(17(19)25)7-8-27-18/h2-8,14H,9-10H2,1H3,(H2,19,25)(H,20,22)(H,21,23)/t14-/m0/s1. The van der Waals surface area contributed by atoms with Gasteiger partial charge in [0.15, 0.2) is 6.61 Å². The lowest BCUT2D eigenvalue weighted by atomic mass is 10.0. The average molecular weight is 389 g/mol. The molecule has 142 valence electrons. The number of benzene rings is 1. The molecule has 27 heavy (non-hydrogen) atoms. The van der Waals surface area contributed by atoms with E-state index in [0.717, 1.165) is 16.9 Å². The lowest BCUT2D eigenvalue weighted by Gasteiger charge is -2.17. The Kier molecular flexibility index (Phi) is 7.07. The van der Waals surface area contributed by atoms with Gasteiger partial charge in [0.25, 0.3) is 11.8 Å². The predicted molar refractivity (Wildman–Crippen MR) is 100 cm³/mol. The summed E-state index contributed by atoms with van der Waals surface area (Å²) in [6.45, 7) is 0.836. The Hall–Kier alpha value is -3.20. The Morgan fingerprint density at radius 3 is 2.48 bits per heavy atom. The molecular formula is C18H19N3O5S. The van der Waals surface area contributed by atoms with E-state index in [9.17, 15) is 19.2 Å². The van der Waals surface area contributed by atoms with Crippen LogP contribution >= 0.6 is 11.3 Å². The fourth-order valence-corrected chi connectivity index (χ4v) is 3.13. The Morgan fingerprint density at radius 1 is 1.15 bits per heavy atom. The molecule has 2 rings (SSSR count). The molecule has 0 fully saturated rings. The molecule has 9 heteroatoms. The molecule has 0 bridgehead atoms. The minimum absolute atomic E-state index is 0.123. The molecule has 1 atom stereocenters. The van der Waals surface area contributed by atoms with Crippen molar-refractivity contribution in [1.29, 1.82) is 0 Å². The molecule has 1 aromatic carbocycles. The summed E-state index contributed by atoms with van der Waals surface area (Å²) in [5.41, 5.74) is 6.14. The van der Waals surface area contributed by atoms with Crippen LogP contribution < -0.4 is 16.4 Å². The van der Waals surface area contributed by atoms with E-state index in [4.69, 9.17) is 10.5 Å². The Labute approximate surface area is 159 Å². The number of hydrogen-bond donors (Lipinski definition) is 3. The molecule has 1 heterocycles. The minimum Gasteiger partial charge on any atom is -0.455 e. The first-order valence-corrected chi connectivity index (χ1v) is 8.89. The summed E-state index contributed by atoms with van der Waals surface area (Å²) in [5, 5.41) is 7.06. The first-order valence-electron chi connectivity index (χ1n) is 8.01. The number of amides is 3. The Morgan fingerprint density at radius 2 is 1.85 bits per heavy atom. The molecule has 0 aliphatic heterocycles. The number of hydrogen-bond acceptors (Lipinski definition) is 6. The molecule has 2 aromatic rings. The molecule has 1 aromatic heterocycles.